The average Bonchev–Trinajstić information content (AvgIpc) is 2.75. The van der Waals surface area contributed by atoms with E-state index in [0.717, 1.165) is 24.8 Å². The molecule has 2 rings (SSSR count). The summed E-state index contributed by atoms with van der Waals surface area (Å²) in [6.07, 6.45) is 7.26. The molecule has 1 aliphatic rings. The lowest BCUT2D eigenvalue weighted by molar-refractivity contribution is -0.150. The number of hydrogen-bond donors (Lipinski definition) is 1. The summed E-state index contributed by atoms with van der Waals surface area (Å²) in [5, 5.41) is 14.8. The van der Waals surface area contributed by atoms with E-state index in [2.05, 4.69) is 12.0 Å². The fourth-order valence-electron chi connectivity index (χ4n) is 3.17. The molecule has 0 bridgehead atoms. The Kier molecular flexibility index (Phi) is 4.07. The molecule has 0 aromatic carbocycles. The molecule has 1 fully saturated rings. The van der Waals surface area contributed by atoms with Crippen molar-refractivity contribution in [3.05, 3.63) is 18.0 Å². The molecule has 3 unspecified atom stereocenters. The zero-order chi connectivity index (χ0) is 13.2. The summed E-state index contributed by atoms with van der Waals surface area (Å²) in [5.74, 6) is 0.608. The highest BCUT2D eigenvalue weighted by Gasteiger charge is 2.43. The highest BCUT2D eigenvalue weighted by molar-refractivity contribution is 5.14. The highest BCUT2D eigenvalue weighted by atomic mass is 16.5. The van der Waals surface area contributed by atoms with E-state index in [-0.39, 0.29) is 0 Å². The number of aliphatic hydroxyl groups is 1. The van der Waals surface area contributed by atoms with Gasteiger partial charge in [0.15, 0.2) is 0 Å². The number of nitrogens with zero attached hydrogens (tertiary/aromatic N) is 2. The van der Waals surface area contributed by atoms with Crippen molar-refractivity contribution in [1.29, 1.82) is 0 Å². The van der Waals surface area contributed by atoms with E-state index in [9.17, 15) is 5.11 Å². The maximum absolute atomic E-state index is 10.7. The monoisotopic (exact) mass is 252 g/mol. The average molecular weight is 252 g/mol. The van der Waals surface area contributed by atoms with E-state index in [1.165, 1.54) is 6.42 Å². The maximum Gasteiger partial charge on any atom is 0.111 e. The number of rotatable bonds is 4. The number of ether oxygens (including phenoxy) is 1. The minimum atomic E-state index is -0.575. The predicted octanol–water partition coefficient (Wildman–Crippen LogP) is 2.44. The first-order chi connectivity index (χ1) is 8.57. The highest BCUT2D eigenvalue weighted by Crippen LogP contribution is 2.43. The Balaban J connectivity index is 2.23. The summed E-state index contributed by atoms with van der Waals surface area (Å²) in [4.78, 5) is 0. The lowest BCUT2D eigenvalue weighted by Crippen LogP contribution is -2.43. The van der Waals surface area contributed by atoms with Crippen LogP contribution in [0.15, 0.2) is 12.4 Å². The minimum absolute atomic E-state index is 0.421. The minimum Gasteiger partial charge on any atom is -0.385 e. The Morgan fingerprint density at radius 3 is 3.00 bits per heavy atom. The number of aromatic nitrogens is 2. The lowest BCUT2D eigenvalue weighted by Gasteiger charge is -2.42. The van der Waals surface area contributed by atoms with Crippen molar-refractivity contribution in [1.82, 2.24) is 9.78 Å². The van der Waals surface area contributed by atoms with Gasteiger partial charge in [0.05, 0.1) is 11.8 Å². The normalized spacial score (nSPS) is 30.3. The Bertz CT molecular complexity index is 387. The van der Waals surface area contributed by atoms with E-state index >= 15 is 0 Å². The van der Waals surface area contributed by atoms with Crippen molar-refractivity contribution in [3.8, 4) is 0 Å². The second kappa shape index (κ2) is 5.41. The predicted molar refractivity (Wildman–Crippen MR) is 70.2 cm³/mol. The van der Waals surface area contributed by atoms with Gasteiger partial charge in [-0.05, 0) is 25.7 Å². The zero-order valence-corrected chi connectivity index (χ0v) is 11.6. The van der Waals surface area contributed by atoms with Crippen LogP contribution < -0.4 is 0 Å². The van der Waals surface area contributed by atoms with Crippen LogP contribution in [0.5, 0.6) is 0 Å². The van der Waals surface area contributed by atoms with E-state index in [1.54, 1.807) is 10.9 Å². The van der Waals surface area contributed by atoms with Gasteiger partial charge in [-0.25, -0.2) is 0 Å². The van der Waals surface area contributed by atoms with Gasteiger partial charge in [0.25, 0.3) is 0 Å². The summed E-state index contributed by atoms with van der Waals surface area (Å²) in [6.45, 7) is 4.88. The summed E-state index contributed by atoms with van der Waals surface area (Å²) in [6, 6.07) is 0. The van der Waals surface area contributed by atoms with Gasteiger partial charge in [-0.2, -0.15) is 5.10 Å². The fraction of sp³-hybridized carbons (Fsp3) is 0.786. The summed E-state index contributed by atoms with van der Waals surface area (Å²) < 4.78 is 7.71. The third kappa shape index (κ3) is 2.59. The molecule has 102 valence electrons. The van der Waals surface area contributed by atoms with Crippen molar-refractivity contribution >= 4 is 0 Å². The summed E-state index contributed by atoms with van der Waals surface area (Å²) in [7, 11) is 1.87. The molecule has 1 heterocycles. The van der Waals surface area contributed by atoms with Crippen LogP contribution in [0.4, 0.5) is 0 Å². The molecule has 1 aromatic heterocycles. The van der Waals surface area contributed by atoms with Gasteiger partial charge in [0.1, 0.15) is 6.10 Å². The van der Waals surface area contributed by atoms with Crippen molar-refractivity contribution in [2.24, 2.45) is 13.0 Å². The Labute approximate surface area is 109 Å². The van der Waals surface area contributed by atoms with Gasteiger partial charge in [0.2, 0.25) is 0 Å². The first-order valence-electron chi connectivity index (χ1n) is 6.88. The summed E-state index contributed by atoms with van der Waals surface area (Å²) >= 11 is 0. The first-order valence-corrected chi connectivity index (χ1v) is 6.88. The molecular weight excluding hydrogens is 228 g/mol. The zero-order valence-electron chi connectivity index (χ0n) is 11.6. The molecule has 3 atom stereocenters. The summed E-state index contributed by atoms with van der Waals surface area (Å²) in [5.41, 5.74) is 0.440. The van der Waals surface area contributed by atoms with Crippen LogP contribution in [0.25, 0.3) is 0 Å². The van der Waals surface area contributed by atoms with Gasteiger partial charge in [-0.3, -0.25) is 4.68 Å². The lowest BCUT2D eigenvalue weighted by atomic mass is 9.74. The maximum atomic E-state index is 10.7. The number of hydrogen-bond acceptors (Lipinski definition) is 3. The molecule has 0 saturated heterocycles. The van der Waals surface area contributed by atoms with Crippen LogP contribution in [0.1, 0.15) is 51.2 Å². The van der Waals surface area contributed by atoms with Gasteiger partial charge in [0, 0.05) is 25.4 Å². The van der Waals surface area contributed by atoms with Crippen LogP contribution in [0.3, 0.4) is 0 Å². The number of aryl methyl sites for hydroxylation is 1. The smallest absolute Gasteiger partial charge is 0.111 e. The van der Waals surface area contributed by atoms with Crippen molar-refractivity contribution in [2.45, 2.75) is 51.2 Å². The van der Waals surface area contributed by atoms with Crippen LogP contribution >= 0.6 is 0 Å². The van der Waals surface area contributed by atoms with Crippen molar-refractivity contribution < 1.29 is 9.84 Å². The third-order valence-corrected chi connectivity index (χ3v) is 3.96. The van der Waals surface area contributed by atoms with Gasteiger partial charge in [-0.15, -0.1) is 0 Å². The molecule has 4 heteroatoms. The SMILES string of the molecule is CCOC1(C(O)c2cnn(C)c2)CCCC(C)C1. The first kappa shape index (κ1) is 13.6. The Hall–Kier alpha value is -0.870. The largest absolute Gasteiger partial charge is 0.385 e. The second-order valence-corrected chi connectivity index (χ2v) is 5.55. The molecule has 4 nitrogen and oxygen atoms in total. The van der Waals surface area contributed by atoms with Crippen LogP contribution in [-0.4, -0.2) is 27.1 Å². The van der Waals surface area contributed by atoms with E-state index in [1.807, 2.05) is 20.2 Å². The molecule has 0 radical (unpaired) electrons. The number of aliphatic hydroxyl groups excluding tert-OH is 1. The standard InChI is InChI=1S/C14H24N2O2/c1-4-18-14(7-5-6-11(2)8-14)13(17)12-9-15-16(3)10-12/h9-11,13,17H,4-8H2,1-3H3. The van der Waals surface area contributed by atoms with Gasteiger partial charge >= 0.3 is 0 Å². The topological polar surface area (TPSA) is 47.3 Å². The van der Waals surface area contributed by atoms with E-state index < -0.39 is 11.7 Å². The molecule has 0 spiro atoms. The molecule has 1 saturated carbocycles. The quantitative estimate of drug-likeness (QED) is 0.895. The molecule has 0 amide bonds. The second-order valence-electron chi connectivity index (χ2n) is 5.55. The van der Waals surface area contributed by atoms with Crippen molar-refractivity contribution in [2.75, 3.05) is 6.61 Å². The molecule has 0 aliphatic heterocycles. The molecular formula is C14H24N2O2. The van der Waals surface area contributed by atoms with Crippen LogP contribution in [-0.2, 0) is 11.8 Å². The third-order valence-electron chi connectivity index (χ3n) is 3.96. The Morgan fingerprint density at radius 1 is 1.67 bits per heavy atom. The molecule has 1 aromatic rings. The molecule has 1 aliphatic carbocycles. The fourth-order valence-corrected chi connectivity index (χ4v) is 3.17. The molecule has 1 N–H and O–H groups in total. The Morgan fingerprint density at radius 2 is 2.44 bits per heavy atom. The van der Waals surface area contributed by atoms with Gasteiger partial charge in [-0.1, -0.05) is 19.8 Å². The van der Waals surface area contributed by atoms with E-state index in [4.69, 9.17) is 4.74 Å². The van der Waals surface area contributed by atoms with Crippen molar-refractivity contribution in [3.63, 3.8) is 0 Å². The van der Waals surface area contributed by atoms with Gasteiger partial charge < -0.3 is 9.84 Å². The van der Waals surface area contributed by atoms with E-state index in [0.29, 0.717) is 12.5 Å². The van der Waals surface area contributed by atoms with Crippen LogP contribution in [0.2, 0.25) is 0 Å². The molecule has 18 heavy (non-hydrogen) atoms. The van der Waals surface area contributed by atoms with Crippen LogP contribution in [0, 0.1) is 5.92 Å².